The van der Waals surface area contributed by atoms with Gasteiger partial charge in [0, 0.05) is 13.0 Å². The quantitative estimate of drug-likeness (QED) is 0.661. The molecule has 0 spiro atoms. The van der Waals surface area contributed by atoms with Gasteiger partial charge in [0.15, 0.2) is 0 Å². The van der Waals surface area contributed by atoms with Gasteiger partial charge in [0.1, 0.15) is 5.82 Å². The van der Waals surface area contributed by atoms with Crippen LogP contribution in [0.15, 0.2) is 16.6 Å². The molecule has 1 aliphatic rings. The summed E-state index contributed by atoms with van der Waals surface area (Å²) in [5, 5.41) is 6.50. The first-order valence-corrected chi connectivity index (χ1v) is 3.80. The molecule has 2 rings (SSSR count). The molecule has 0 bridgehead atoms. The van der Waals surface area contributed by atoms with Crippen molar-refractivity contribution in [3.63, 3.8) is 0 Å². The van der Waals surface area contributed by atoms with Crippen LogP contribution in [0, 0.1) is 17.7 Å². The van der Waals surface area contributed by atoms with Gasteiger partial charge < -0.3 is 0 Å². The van der Waals surface area contributed by atoms with Crippen molar-refractivity contribution in [1.29, 1.82) is 5.26 Å². The van der Waals surface area contributed by atoms with Gasteiger partial charge in [0.05, 0.1) is 4.47 Å². The highest BCUT2D eigenvalue weighted by Gasteiger charge is 2.22. The van der Waals surface area contributed by atoms with E-state index in [1.54, 1.807) is 6.07 Å². The van der Waals surface area contributed by atoms with Crippen LogP contribution >= 0.6 is 15.9 Å². The van der Waals surface area contributed by atoms with Crippen molar-refractivity contribution in [3.05, 3.63) is 33.5 Å². The van der Waals surface area contributed by atoms with Gasteiger partial charge in [0.2, 0.25) is 0 Å². The molecule has 0 unspecified atom stereocenters. The van der Waals surface area contributed by atoms with E-state index in [2.05, 4.69) is 22.5 Å². The van der Waals surface area contributed by atoms with E-state index in [9.17, 15) is 4.39 Å². The second kappa shape index (κ2) is 3.02. The molecule has 3 heteroatoms. The lowest BCUT2D eigenvalue weighted by Gasteiger charge is -1.87. The Morgan fingerprint density at radius 2 is 2.09 bits per heavy atom. The topological polar surface area (TPSA) is 23.8 Å². The van der Waals surface area contributed by atoms with E-state index < -0.39 is 0 Å². The summed E-state index contributed by atoms with van der Waals surface area (Å²) in [6.07, 6.45) is 0.845. The average molecular weight is 214 g/mol. The molecule has 56 valence electrons. The first-order valence-electron chi connectivity index (χ1n) is 3.00. The van der Waals surface area contributed by atoms with E-state index in [-0.39, 0.29) is 5.82 Å². The fraction of sp³-hybridized carbons (Fsp3) is 0.125. The maximum Gasteiger partial charge on any atom is 0.141 e. The lowest BCUT2D eigenvalue weighted by atomic mass is 10.4. The van der Waals surface area contributed by atoms with Crippen molar-refractivity contribution in [1.82, 2.24) is 0 Å². The minimum atomic E-state index is -0.0764. The van der Waals surface area contributed by atoms with Crippen molar-refractivity contribution in [3.8, 4) is 6.57 Å². The zero-order chi connectivity index (χ0) is 8.43. The molecule has 0 atom stereocenters. The van der Waals surface area contributed by atoms with E-state index in [0.29, 0.717) is 4.47 Å². The van der Waals surface area contributed by atoms with E-state index in [0.717, 1.165) is 17.5 Å². The van der Waals surface area contributed by atoms with Crippen LogP contribution in [0.1, 0.15) is 11.1 Å². The number of fused-ring (bicyclic) bond motifs is 1. The molecular formula is C8H5BrFN. The zero-order valence-corrected chi connectivity index (χ0v) is 7.23. The first-order chi connectivity index (χ1) is 5.29. The molecular weight excluding hydrogens is 209 g/mol. The Bertz CT molecular complexity index is 303. The molecule has 0 heterocycles. The molecule has 0 radical (unpaired) electrons. The summed E-state index contributed by atoms with van der Waals surface area (Å²) in [7, 11) is 0. The summed E-state index contributed by atoms with van der Waals surface area (Å²) in [6, 6.07) is 3.70. The average Bonchev–Trinajstić information content (AvgIpc) is 2.81. The number of nitriles is 1. The Kier molecular flexibility index (Phi) is 2.25. The zero-order valence-electron chi connectivity index (χ0n) is 5.64. The van der Waals surface area contributed by atoms with Crippen LogP contribution in [0.3, 0.4) is 0 Å². The predicted octanol–water partition coefficient (Wildman–Crippen LogP) is 2.63. The lowest BCUT2D eigenvalue weighted by molar-refractivity contribution is 0.619. The van der Waals surface area contributed by atoms with Gasteiger partial charge in [0.25, 0.3) is 0 Å². The van der Waals surface area contributed by atoms with E-state index in [1.165, 1.54) is 0 Å². The SMILES string of the molecule is C#N.Fc1c(Br)ccc2c1C2. The number of nitrogens with zero attached hydrogens (tertiary/aromatic N) is 1. The second-order valence-electron chi connectivity index (χ2n) is 2.18. The van der Waals surface area contributed by atoms with Crippen molar-refractivity contribution in [2.24, 2.45) is 0 Å². The Morgan fingerprint density at radius 1 is 1.45 bits per heavy atom. The maximum atomic E-state index is 12.7. The Labute approximate surface area is 72.6 Å². The van der Waals surface area contributed by atoms with Gasteiger partial charge >= 0.3 is 0 Å². The summed E-state index contributed by atoms with van der Waals surface area (Å²) in [6.45, 7) is 3.50. The minimum Gasteiger partial charge on any atom is -0.205 e. The maximum absolute atomic E-state index is 12.7. The molecule has 0 amide bonds. The number of rotatable bonds is 0. The second-order valence-corrected chi connectivity index (χ2v) is 3.03. The highest BCUT2D eigenvalue weighted by Crippen LogP contribution is 2.34. The summed E-state index contributed by atoms with van der Waals surface area (Å²) in [5.74, 6) is -0.0764. The molecule has 1 nitrogen and oxygen atoms in total. The predicted molar refractivity (Wildman–Crippen MR) is 43.6 cm³/mol. The van der Waals surface area contributed by atoms with E-state index in [4.69, 9.17) is 5.26 Å². The Hall–Kier alpha value is -0.880. The van der Waals surface area contributed by atoms with Crippen LogP contribution in [0.5, 0.6) is 0 Å². The fourth-order valence-corrected chi connectivity index (χ4v) is 1.29. The molecule has 0 aliphatic heterocycles. The van der Waals surface area contributed by atoms with Gasteiger partial charge in [-0.2, -0.15) is 0 Å². The molecule has 11 heavy (non-hydrogen) atoms. The van der Waals surface area contributed by atoms with Crippen molar-refractivity contribution in [2.75, 3.05) is 0 Å². The molecule has 1 aromatic rings. The highest BCUT2D eigenvalue weighted by atomic mass is 79.9. The highest BCUT2D eigenvalue weighted by molar-refractivity contribution is 9.10. The Balaban J connectivity index is 0.000000281. The molecule has 1 aliphatic carbocycles. The number of halogens is 2. The number of hydrogen-bond donors (Lipinski definition) is 0. The van der Waals surface area contributed by atoms with Gasteiger partial charge in [-0.3, -0.25) is 0 Å². The molecule has 0 N–H and O–H groups in total. The van der Waals surface area contributed by atoms with Gasteiger partial charge in [-0.25, -0.2) is 9.65 Å². The minimum absolute atomic E-state index is 0.0764. The fourth-order valence-electron chi connectivity index (χ4n) is 0.915. The molecule has 0 aromatic heterocycles. The van der Waals surface area contributed by atoms with Crippen LogP contribution in [-0.4, -0.2) is 0 Å². The first kappa shape index (κ1) is 8.22. The molecule has 1 aromatic carbocycles. The van der Waals surface area contributed by atoms with Crippen LogP contribution in [0.25, 0.3) is 0 Å². The third kappa shape index (κ3) is 1.41. The monoisotopic (exact) mass is 213 g/mol. The Morgan fingerprint density at radius 3 is 2.64 bits per heavy atom. The van der Waals surface area contributed by atoms with Gasteiger partial charge in [-0.15, -0.1) is 0 Å². The largest absolute Gasteiger partial charge is 0.205 e. The van der Waals surface area contributed by atoms with Crippen molar-refractivity contribution in [2.45, 2.75) is 6.42 Å². The normalized spacial score (nSPS) is 10.9. The van der Waals surface area contributed by atoms with Gasteiger partial charge in [-0.1, -0.05) is 6.07 Å². The number of benzene rings is 1. The van der Waals surface area contributed by atoms with Gasteiger partial charge in [-0.05, 0) is 33.1 Å². The van der Waals surface area contributed by atoms with Crippen molar-refractivity contribution < 1.29 is 4.39 Å². The smallest absolute Gasteiger partial charge is 0.141 e. The van der Waals surface area contributed by atoms with Crippen LogP contribution in [-0.2, 0) is 6.42 Å². The summed E-state index contributed by atoms with van der Waals surface area (Å²) in [5.41, 5.74) is 2.03. The summed E-state index contributed by atoms with van der Waals surface area (Å²) >= 11 is 3.10. The summed E-state index contributed by atoms with van der Waals surface area (Å²) in [4.78, 5) is 0. The van der Waals surface area contributed by atoms with Crippen LogP contribution < -0.4 is 0 Å². The molecule has 0 saturated carbocycles. The van der Waals surface area contributed by atoms with Crippen molar-refractivity contribution >= 4 is 15.9 Å². The van der Waals surface area contributed by atoms with E-state index in [1.807, 2.05) is 6.07 Å². The molecule has 0 saturated heterocycles. The van der Waals surface area contributed by atoms with Crippen LogP contribution in [0.2, 0.25) is 0 Å². The third-order valence-electron chi connectivity index (χ3n) is 1.54. The van der Waals surface area contributed by atoms with Crippen LogP contribution in [0.4, 0.5) is 4.39 Å². The summed E-state index contributed by atoms with van der Waals surface area (Å²) < 4.78 is 13.3. The molecule has 0 fully saturated rings. The van der Waals surface area contributed by atoms with E-state index >= 15 is 0 Å². The third-order valence-corrected chi connectivity index (χ3v) is 2.15. The number of hydrogen-bond acceptors (Lipinski definition) is 1. The lowest BCUT2D eigenvalue weighted by Crippen LogP contribution is -1.72. The standard InChI is InChI=1S/C7H4BrF.CHN/c8-6-2-1-4-3-5(4)7(6)9;1-2/h1-2H,3H2;1H.